The number of aliphatic carboxylic acids is 1. The second-order valence-electron chi connectivity index (χ2n) is 6.41. The van der Waals surface area contributed by atoms with E-state index < -0.39 is 11.5 Å². The van der Waals surface area contributed by atoms with Crippen molar-refractivity contribution in [1.29, 1.82) is 0 Å². The molecule has 3 amide bonds. The minimum absolute atomic E-state index is 0.0625. The molecule has 0 unspecified atom stereocenters. The Morgan fingerprint density at radius 3 is 2.27 bits per heavy atom. The van der Waals surface area contributed by atoms with Crippen LogP contribution in [-0.4, -0.2) is 41.1 Å². The van der Waals surface area contributed by atoms with E-state index in [1.165, 1.54) is 6.42 Å². The van der Waals surface area contributed by atoms with Gasteiger partial charge in [-0.15, -0.1) is 0 Å². The van der Waals surface area contributed by atoms with E-state index in [0.29, 0.717) is 12.8 Å². The summed E-state index contributed by atoms with van der Waals surface area (Å²) in [6, 6.07) is -0.135. The molecule has 0 radical (unpaired) electrons. The normalized spacial score (nSPS) is 20.5. The molecule has 2 aliphatic carbocycles. The molecule has 0 aliphatic heterocycles. The number of amides is 3. The van der Waals surface area contributed by atoms with E-state index in [2.05, 4.69) is 16.0 Å². The van der Waals surface area contributed by atoms with Gasteiger partial charge in [0.25, 0.3) is 0 Å². The van der Waals surface area contributed by atoms with Crippen LogP contribution in [0.2, 0.25) is 0 Å². The number of rotatable bonds is 6. The lowest BCUT2D eigenvalue weighted by atomic mass is 9.74. The molecule has 0 saturated heterocycles. The van der Waals surface area contributed by atoms with E-state index in [1.54, 1.807) is 0 Å². The van der Waals surface area contributed by atoms with Crippen molar-refractivity contribution in [3.05, 3.63) is 0 Å². The second kappa shape index (κ2) is 7.47. The molecule has 0 heterocycles. The van der Waals surface area contributed by atoms with E-state index in [4.69, 9.17) is 5.11 Å². The van der Waals surface area contributed by atoms with Crippen molar-refractivity contribution in [2.75, 3.05) is 6.54 Å². The number of carboxylic acid groups (broad SMARTS) is 1. The summed E-state index contributed by atoms with van der Waals surface area (Å²) in [5.41, 5.74) is -0.621. The van der Waals surface area contributed by atoms with Crippen LogP contribution in [0.15, 0.2) is 0 Å². The summed E-state index contributed by atoms with van der Waals surface area (Å²) in [4.78, 5) is 34.5. The van der Waals surface area contributed by atoms with E-state index in [0.717, 1.165) is 32.1 Å². The SMILES string of the molecule is O=C(O)CC1(NC(=O)CNC(=O)NC2CCCCC2)CCC1. The molecular weight excluding hydrogens is 286 g/mol. The molecule has 7 nitrogen and oxygen atoms in total. The molecular formula is C15H25N3O4. The number of hydrogen-bond acceptors (Lipinski definition) is 3. The van der Waals surface area contributed by atoms with Crippen LogP contribution < -0.4 is 16.0 Å². The molecule has 2 saturated carbocycles. The lowest BCUT2D eigenvalue weighted by Gasteiger charge is -2.41. The van der Waals surface area contributed by atoms with Crippen LogP contribution in [0.4, 0.5) is 4.79 Å². The third-order valence-electron chi connectivity index (χ3n) is 4.55. The Hall–Kier alpha value is -1.79. The number of urea groups is 1. The van der Waals surface area contributed by atoms with Gasteiger partial charge in [0.05, 0.1) is 18.5 Å². The summed E-state index contributed by atoms with van der Waals surface area (Å²) in [6.07, 6.45) is 7.66. The fourth-order valence-corrected chi connectivity index (χ4v) is 3.22. The summed E-state index contributed by atoms with van der Waals surface area (Å²) in [7, 11) is 0. The molecule has 4 N–H and O–H groups in total. The van der Waals surface area contributed by atoms with Gasteiger partial charge in [0.15, 0.2) is 0 Å². The summed E-state index contributed by atoms with van der Waals surface area (Å²) < 4.78 is 0. The van der Waals surface area contributed by atoms with Crippen LogP contribution in [-0.2, 0) is 9.59 Å². The fourth-order valence-electron chi connectivity index (χ4n) is 3.22. The van der Waals surface area contributed by atoms with Gasteiger partial charge in [-0.05, 0) is 32.1 Å². The predicted octanol–water partition coefficient (Wildman–Crippen LogP) is 1.13. The van der Waals surface area contributed by atoms with Gasteiger partial charge in [0.2, 0.25) is 5.91 Å². The number of carboxylic acids is 1. The van der Waals surface area contributed by atoms with Crippen molar-refractivity contribution in [2.24, 2.45) is 0 Å². The number of hydrogen-bond donors (Lipinski definition) is 4. The molecule has 2 fully saturated rings. The molecule has 0 bridgehead atoms. The lowest BCUT2D eigenvalue weighted by molar-refractivity contribution is -0.140. The number of carbonyl (C=O) groups is 3. The second-order valence-corrected chi connectivity index (χ2v) is 6.41. The molecule has 2 rings (SSSR count). The molecule has 0 atom stereocenters. The van der Waals surface area contributed by atoms with Gasteiger partial charge in [-0.1, -0.05) is 19.3 Å². The zero-order valence-electron chi connectivity index (χ0n) is 12.8. The zero-order valence-corrected chi connectivity index (χ0v) is 12.8. The van der Waals surface area contributed by atoms with Gasteiger partial charge in [-0.3, -0.25) is 9.59 Å². The van der Waals surface area contributed by atoms with Crippen LogP contribution >= 0.6 is 0 Å². The summed E-state index contributed by atoms with van der Waals surface area (Å²) in [5.74, 6) is -1.25. The highest BCUT2D eigenvalue weighted by Crippen LogP contribution is 2.34. The quantitative estimate of drug-likeness (QED) is 0.590. The Morgan fingerprint density at radius 2 is 1.73 bits per heavy atom. The maximum Gasteiger partial charge on any atom is 0.315 e. The van der Waals surface area contributed by atoms with Crippen molar-refractivity contribution >= 4 is 17.9 Å². The Labute approximate surface area is 130 Å². The predicted molar refractivity (Wildman–Crippen MR) is 80.4 cm³/mol. The number of nitrogens with one attached hydrogen (secondary N) is 3. The van der Waals surface area contributed by atoms with Crippen LogP contribution in [0.25, 0.3) is 0 Å². The first-order valence-electron chi connectivity index (χ1n) is 8.06. The highest BCUT2D eigenvalue weighted by atomic mass is 16.4. The van der Waals surface area contributed by atoms with Gasteiger partial charge >= 0.3 is 12.0 Å². The average Bonchev–Trinajstić information content (AvgIpc) is 2.43. The molecule has 22 heavy (non-hydrogen) atoms. The summed E-state index contributed by atoms with van der Waals surface area (Å²) in [5, 5.41) is 17.1. The third kappa shape index (κ3) is 4.89. The standard InChI is InChI=1S/C15H25N3O4/c19-12(18-15(7-4-8-15)9-13(20)21)10-16-14(22)17-11-5-2-1-3-6-11/h11H,1-10H2,(H,18,19)(H,20,21)(H2,16,17,22). The van der Waals surface area contributed by atoms with Crippen molar-refractivity contribution < 1.29 is 19.5 Å². The van der Waals surface area contributed by atoms with Gasteiger partial charge in [0, 0.05) is 6.04 Å². The molecule has 0 aromatic rings. The Morgan fingerprint density at radius 1 is 1.05 bits per heavy atom. The molecule has 7 heteroatoms. The van der Waals surface area contributed by atoms with Gasteiger partial charge < -0.3 is 21.1 Å². The topological polar surface area (TPSA) is 108 Å². The lowest BCUT2D eigenvalue weighted by Crippen LogP contribution is -2.57. The molecule has 2 aliphatic rings. The maximum atomic E-state index is 11.9. The van der Waals surface area contributed by atoms with E-state index in [-0.39, 0.29) is 30.9 Å². The third-order valence-corrected chi connectivity index (χ3v) is 4.55. The molecule has 124 valence electrons. The van der Waals surface area contributed by atoms with Gasteiger partial charge in [-0.2, -0.15) is 0 Å². The van der Waals surface area contributed by atoms with Crippen LogP contribution in [0.1, 0.15) is 57.8 Å². The maximum absolute atomic E-state index is 11.9. The largest absolute Gasteiger partial charge is 0.481 e. The molecule has 0 aromatic heterocycles. The average molecular weight is 311 g/mol. The minimum Gasteiger partial charge on any atom is -0.481 e. The highest BCUT2D eigenvalue weighted by molar-refractivity contribution is 5.85. The van der Waals surface area contributed by atoms with Crippen LogP contribution in [0, 0.1) is 0 Å². The smallest absolute Gasteiger partial charge is 0.315 e. The first-order valence-corrected chi connectivity index (χ1v) is 8.06. The highest BCUT2D eigenvalue weighted by Gasteiger charge is 2.40. The molecule has 0 spiro atoms. The van der Waals surface area contributed by atoms with Crippen molar-refractivity contribution in [3.8, 4) is 0 Å². The van der Waals surface area contributed by atoms with E-state index in [1.807, 2.05) is 0 Å². The van der Waals surface area contributed by atoms with Gasteiger partial charge in [-0.25, -0.2) is 4.79 Å². The first-order chi connectivity index (χ1) is 10.5. The summed E-state index contributed by atoms with van der Waals surface area (Å²) in [6.45, 7) is -0.125. The molecule has 0 aromatic carbocycles. The summed E-state index contributed by atoms with van der Waals surface area (Å²) >= 11 is 0. The fraction of sp³-hybridized carbons (Fsp3) is 0.800. The zero-order chi connectivity index (χ0) is 16.0. The Balaban J connectivity index is 1.68. The first kappa shape index (κ1) is 16.6. The van der Waals surface area contributed by atoms with Crippen molar-refractivity contribution in [3.63, 3.8) is 0 Å². The monoisotopic (exact) mass is 311 g/mol. The van der Waals surface area contributed by atoms with E-state index in [9.17, 15) is 14.4 Å². The van der Waals surface area contributed by atoms with Crippen LogP contribution in [0.5, 0.6) is 0 Å². The number of carbonyl (C=O) groups excluding carboxylic acids is 2. The Kier molecular flexibility index (Phi) is 5.63. The van der Waals surface area contributed by atoms with Crippen LogP contribution in [0.3, 0.4) is 0 Å². The van der Waals surface area contributed by atoms with Crippen molar-refractivity contribution in [1.82, 2.24) is 16.0 Å². The van der Waals surface area contributed by atoms with Crippen molar-refractivity contribution in [2.45, 2.75) is 69.4 Å². The Bertz CT molecular complexity index is 429. The minimum atomic E-state index is -0.914. The van der Waals surface area contributed by atoms with Gasteiger partial charge in [0.1, 0.15) is 0 Å². The van der Waals surface area contributed by atoms with E-state index >= 15 is 0 Å².